The third-order valence-corrected chi connectivity index (χ3v) is 4.22. The monoisotopic (exact) mass is 299 g/mol. The lowest BCUT2D eigenvalue weighted by atomic mass is 10.1. The number of fused-ring (bicyclic) bond motifs is 1. The zero-order valence-corrected chi connectivity index (χ0v) is 12.0. The van der Waals surface area contributed by atoms with Gasteiger partial charge in [0.2, 0.25) is 0 Å². The van der Waals surface area contributed by atoms with E-state index in [9.17, 15) is 0 Å². The molecule has 2 aromatic heterocycles. The molecule has 1 saturated carbocycles. The predicted molar refractivity (Wildman–Crippen MR) is 85.1 cm³/mol. The Morgan fingerprint density at radius 2 is 2.00 bits per heavy atom. The van der Waals surface area contributed by atoms with Crippen molar-refractivity contribution in [3.63, 3.8) is 0 Å². The Hall–Kier alpha value is -2.27. The van der Waals surface area contributed by atoms with Crippen LogP contribution in [-0.4, -0.2) is 14.5 Å². The first kappa shape index (κ1) is 12.5. The van der Waals surface area contributed by atoms with Crippen molar-refractivity contribution in [3.05, 3.63) is 35.7 Å². The normalized spacial score (nSPS) is 14.7. The molecule has 21 heavy (non-hydrogen) atoms. The molecule has 0 radical (unpaired) electrons. The van der Waals surface area contributed by atoms with Crippen LogP contribution < -0.4 is 11.5 Å². The second-order valence-electron chi connectivity index (χ2n) is 5.38. The van der Waals surface area contributed by atoms with Gasteiger partial charge in [0.25, 0.3) is 0 Å². The van der Waals surface area contributed by atoms with Gasteiger partial charge in [0.15, 0.2) is 0 Å². The van der Waals surface area contributed by atoms with Crippen LogP contribution in [0.15, 0.2) is 30.7 Å². The van der Waals surface area contributed by atoms with Crippen molar-refractivity contribution in [1.82, 2.24) is 14.5 Å². The average molecular weight is 300 g/mol. The van der Waals surface area contributed by atoms with E-state index in [1.807, 2.05) is 12.1 Å². The van der Waals surface area contributed by atoms with E-state index in [0.29, 0.717) is 22.6 Å². The van der Waals surface area contributed by atoms with Crippen molar-refractivity contribution in [2.24, 2.45) is 0 Å². The summed E-state index contributed by atoms with van der Waals surface area (Å²) in [7, 11) is 0. The lowest BCUT2D eigenvalue weighted by molar-refractivity contribution is 0.766. The summed E-state index contributed by atoms with van der Waals surface area (Å²) in [6.07, 6.45) is 5.96. The zero-order valence-electron chi connectivity index (χ0n) is 11.3. The molecule has 0 spiro atoms. The zero-order chi connectivity index (χ0) is 14.6. The van der Waals surface area contributed by atoms with Gasteiger partial charge in [0.1, 0.15) is 17.8 Å². The van der Waals surface area contributed by atoms with Crippen LogP contribution in [0, 0.1) is 0 Å². The summed E-state index contributed by atoms with van der Waals surface area (Å²) in [6, 6.07) is 6.12. The van der Waals surface area contributed by atoms with E-state index in [4.69, 9.17) is 23.1 Å². The summed E-state index contributed by atoms with van der Waals surface area (Å²) in [5.41, 5.74) is 15.3. The Morgan fingerprint density at radius 3 is 2.71 bits per heavy atom. The fourth-order valence-electron chi connectivity index (χ4n) is 2.65. The van der Waals surface area contributed by atoms with Crippen LogP contribution in [0.4, 0.5) is 11.5 Å². The van der Waals surface area contributed by atoms with Crippen LogP contribution >= 0.6 is 11.6 Å². The molecule has 0 amide bonds. The maximum absolute atomic E-state index is 6.14. The third kappa shape index (κ3) is 1.93. The molecular weight excluding hydrogens is 286 g/mol. The minimum Gasteiger partial charge on any atom is -0.398 e. The summed E-state index contributed by atoms with van der Waals surface area (Å²) < 4.78 is 2.19. The van der Waals surface area contributed by atoms with Gasteiger partial charge in [-0.15, -0.1) is 0 Å². The van der Waals surface area contributed by atoms with Crippen LogP contribution in [0.25, 0.3) is 22.2 Å². The van der Waals surface area contributed by atoms with Gasteiger partial charge in [-0.25, -0.2) is 9.97 Å². The highest BCUT2D eigenvalue weighted by molar-refractivity contribution is 6.33. The van der Waals surface area contributed by atoms with Gasteiger partial charge in [-0.2, -0.15) is 0 Å². The molecular formula is C15H14ClN5. The van der Waals surface area contributed by atoms with Crippen molar-refractivity contribution in [2.75, 3.05) is 11.5 Å². The van der Waals surface area contributed by atoms with Crippen LogP contribution in [0.2, 0.25) is 5.02 Å². The maximum Gasteiger partial charge on any atom is 0.146 e. The van der Waals surface area contributed by atoms with E-state index in [-0.39, 0.29) is 0 Å². The van der Waals surface area contributed by atoms with Crippen molar-refractivity contribution < 1.29 is 0 Å². The third-order valence-electron chi connectivity index (χ3n) is 3.89. The Labute approximate surface area is 126 Å². The number of nitrogens with two attached hydrogens (primary N) is 2. The Kier molecular flexibility index (Phi) is 2.59. The molecule has 1 aromatic carbocycles. The predicted octanol–water partition coefficient (Wildman–Crippen LogP) is 3.25. The second-order valence-corrected chi connectivity index (χ2v) is 5.78. The van der Waals surface area contributed by atoms with Gasteiger partial charge >= 0.3 is 0 Å². The molecule has 4 rings (SSSR count). The van der Waals surface area contributed by atoms with E-state index < -0.39 is 0 Å². The molecule has 0 bridgehead atoms. The van der Waals surface area contributed by atoms with Gasteiger partial charge in [-0.05, 0) is 30.5 Å². The Morgan fingerprint density at radius 1 is 1.19 bits per heavy atom. The molecule has 0 unspecified atom stereocenters. The van der Waals surface area contributed by atoms with E-state index in [2.05, 4.69) is 20.7 Å². The molecule has 6 heteroatoms. The lowest BCUT2D eigenvalue weighted by Gasteiger charge is -2.03. The molecule has 2 heterocycles. The molecule has 0 saturated heterocycles. The summed E-state index contributed by atoms with van der Waals surface area (Å²) in [5.74, 6) is 0.488. The fraction of sp³-hybridized carbons (Fsp3) is 0.200. The SMILES string of the molecule is Nc1ccc(-c2cn(C3CC3)c3ncnc(N)c23)cc1Cl. The number of benzene rings is 1. The van der Waals surface area contributed by atoms with Crippen molar-refractivity contribution in [1.29, 1.82) is 0 Å². The second kappa shape index (κ2) is 4.36. The van der Waals surface area contributed by atoms with Crippen molar-refractivity contribution in [3.8, 4) is 11.1 Å². The fourth-order valence-corrected chi connectivity index (χ4v) is 2.83. The Balaban J connectivity index is 2.01. The standard InChI is InChI=1S/C15H14ClN5/c16-11-5-8(1-4-12(11)17)10-6-21(9-2-3-9)15-13(10)14(18)19-7-20-15/h1,4-7,9H,2-3,17H2,(H2,18,19,20). The summed E-state index contributed by atoms with van der Waals surface area (Å²) in [6.45, 7) is 0. The topological polar surface area (TPSA) is 82.8 Å². The first-order valence-electron chi connectivity index (χ1n) is 6.81. The van der Waals surface area contributed by atoms with E-state index in [0.717, 1.165) is 22.2 Å². The lowest BCUT2D eigenvalue weighted by Crippen LogP contribution is -1.96. The summed E-state index contributed by atoms with van der Waals surface area (Å²) in [5, 5.41) is 1.42. The summed E-state index contributed by atoms with van der Waals surface area (Å²) in [4.78, 5) is 8.53. The highest BCUT2D eigenvalue weighted by Crippen LogP contribution is 2.42. The minimum absolute atomic E-state index is 0.488. The largest absolute Gasteiger partial charge is 0.398 e. The number of hydrogen-bond acceptors (Lipinski definition) is 4. The molecule has 4 N–H and O–H groups in total. The number of anilines is 2. The number of halogens is 1. The molecule has 3 aromatic rings. The first-order valence-corrected chi connectivity index (χ1v) is 7.19. The van der Waals surface area contributed by atoms with Crippen molar-refractivity contribution in [2.45, 2.75) is 18.9 Å². The molecule has 0 aliphatic heterocycles. The van der Waals surface area contributed by atoms with Gasteiger partial charge in [0.05, 0.1) is 16.1 Å². The van der Waals surface area contributed by atoms with Gasteiger partial charge < -0.3 is 16.0 Å². The number of aromatic nitrogens is 3. The van der Waals surface area contributed by atoms with Crippen LogP contribution in [0.5, 0.6) is 0 Å². The number of nitrogen functional groups attached to an aromatic ring is 2. The van der Waals surface area contributed by atoms with E-state index in [1.54, 1.807) is 6.07 Å². The first-order chi connectivity index (χ1) is 10.1. The van der Waals surface area contributed by atoms with Gasteiger partial charge in [-0.1, -0.05) is 17.7 Å². The molecule has 5 nitrogen and oxygen atoms in total. The van der Waals surface area contributed by atoms with Gasteiger partial charge in [-0.3, -0.25) is 0 Å². The number of rotatable bonds is 2. The molecule has 1 aliphatic rings. The Bertz CT molecular complexity index is 851. The maximum atomic E-state index is 6.14. The van der Waals surface area contributed by atoms with E-state index >= 15 is 0 Å². The van der Waals surface area contributed by atoms with E-state index in [1.165, 1.54) is 19.2 Å². The minimum atomic E-state index is 0.488. The molecule has 0 atom stereocenters. The smallest absolute Gasteiger partial charge is 0.146 e. The number of hydrogen-bond donors (Lipinski definition) is 2. The highest BCUT2D eigenvalue weighted by atomic mass is 35.5. The average Bonchev–Trinajstić information content (AvgIpc) is 3.23. The van der Waals surface area contributed by atoms with Crippen LogP contribution in [-0.2, 0) is 0 Å². The summed E-state index contributed by atoms with van der Waals surface area (Å²) >= 11 is 6.14. The van der Waals surface area contributed by atoms with Crippen LogP contribution in [0.3, 0.4) is 0 Å². The molecule has 1 aliphatic carbocycles. The highest BCUT2D eigenvalue weighted by Gasteiger charge is 2.27. The quantitative estimate of drug-likeness (QED) is 0.712. The van der Waals surface area contributed by atoms with Crippen LogP contribution in [0.1, 0.15) is 18.9 Å². The van der Waals surface area contributed by atoms with Crippen molar-refractivity contribution >= 4 is 34.1 Å². The molecule has 106 valence electrons. The number of nitrogens with zero attached hydrogens (tertiary/aromatic N) is 3. The van der Waals surface area contributed by atoms with Gasteiger partial charge in [0, 0.05) is 17.8 Å². The molecule has 1 fully saturated rings.